The molecular formula is C10H17BrN4O. The van der Waals surface area contributed by atoms with Crippen molar-refractivity contribution < 1.29 is 4.74 Å². The van der Waals surface area contributed by atoms with Crippen molar-refractivity contribution in [2.24, 2.45) is 0 Å². The minimum atomic E-state index is 0.656. The van der Waals surface area contributed by atoms with Crippen LogP contribution in [0.3, 0.4) is 0 Å². The van der Waals surface area contributed by atoms with E-state index >= 15 is 0 Å². The minimum Gasteiger partial charge on any atom is -0.383 e. The van der Waals surface area contributed by atoms with Gasteiger partial charge in [-0.3, -0.25) is 0 Å². The molecule has 0 saturated carbocycles. The van der Waals surface area contributed by atoms with E-state index in [1.54, 1.807) is 7.11 Å². The van der Waals surface area contributed by atoms with Crippen LogP contribution in [0.1, 0.15) is 11.4 Å². The third-order valence-corrected chi connectivity index (χ3v) is 2.64. The van der Waals surface area contributed by atoms with Crippen molar-refractivity contribution in [2.45, 2.75) is 13.8 Å². The second kappa shape index (κ2) is 6.75. The highest BCUT2D eigenvalue weighted by molar-refractivity contribution is 9.09. The number of hydrogen-bond acceptors (Lipinski definition) is 5. The third-order valence-electron chi connectivity index (χ3n) is 2.28. The average molecular weight is 289 g/mol. The van der Waals surface area contributed by atoms with Gasteiger partial charge in [-0.25, -0.2) is 4.98 Å². The Hall–Kier alpha value is -0.750. The van der Waals surface area contributed by atoms with Gasteiger partial charge in [-0.15, -0.1) is 5.10 Å². The Morgan fingerprint density at radius 2 is 1.94 bits per heavy atom. The molecule has 6 heteroatoms. The summed E-state index contributed by atoms with van der Waals surface area (Å²) in [4.78, 5) is 6.47. The van der Waals surface area contributed by atoms with Crippen molar-refractivity contribution in [1.29, 1.82) is 0 Å². The Morgan fingerprint density at radius 3 is 2.50 bits per heavy atom. The van der Waals surface area contributed by atoms with Crippen molar-refractivity contribution in [2.75, 3.05) is 37.0 Å². The predicted molar refractivity (Wildman–Crippen MR) is 67.2 cm³/mol. The number of rotatable bonds is 6. The summed E-state index contributed by atoms with van der Waals surface area (Å²) in [5, 5.41) is 9.05. The molecule has 1 aromatic rings. The maximum absolute atomic E-state index is 5.06. The second-order valence-corrected chi connectivity index (χ2v) is 4.24. The van der Waals surface area contributed by atoms with Gasteiger partial charge in [0.15, 0.2) is 0 Å². The summed E-state index contributed by atoms with van der Waals surface area (Å²) in [6.45, 7) is 6.11. The van der Waals surface area contributed by atoms with Gasteiger partial charge in [-0.05, 0) is 13.8 Å². The Kier molecular flexibility index (Phi) is 5.62. The molecule has 5 nitrogen and oxygen atoms in total. The van der Waals surface area contributed by atoms with Crippen LogP contribution in [0.5, 0.6) is 0 Å². The molecule has 0 radical (unpaired) electrons. The van der Waals surface area contributed by atoms with Gasteiger partial charge in [0.1, 0.15) is 0 Å². The molecule has 90 valence electrons. The molecule has 0 aliphatic carbocycles. The van der Waals surface area contributed by atoms with Gasteiger partial charge in [0.05, 0.1) is 18.0 Å². The molecule has 0 aromatic carbocycles. The lowest BCUT2D eigenvalue weighted by Gasteiger charge is -2.20. The lowest BCUT2D eigenvalue weighted by atomic mass is 10.4. The first kappa shape index (κ1) is 13.3. The van der Waals surface area contributed by atoms with Crippen molar-refractivity contribution in [3.63, 3.8) is 0 Å². The van der Waals surface area contributed by atoms with Gasteiger partial charge >= 0.3 is 0 Å². The Bertz CT molecular complexity index is 335. The summed E-state index contributed by atoms with van der Waals surface area (Å²) in [6, 6.07) is 0. The van der Waals surface area contributed by atoms with Crippen LogP contribution in [0.15, 0.2) is 0 Å². The lowest BCUT2D eigenvalue weighted by Crippen LogP contribution is -2.31. The molecule has 0 spiro atoms. The molecule has 16 heavy (non-hydrogen) atoms. The van der Waals surface area contributed by atoms with Gasteiger partial charge in [-0.1, -0.05) is 15.9 Å². The average Bonchev–Trinajstić information content (AvgIpc) is 2.28. The molecule has 0 unspecified atom stereocenters. The first-order chi connectivity index (χ1) is 7.69. The highest BCUT2D eigenvalue weighted by atomic mass is 79.9. The number of methoxy groups -OCH3 is 1. The van der Waals surface area contributed by atoms with Gasteiger partial charge in [0.25, 0.3) is 0 Å². The molecule has 0 aliphatic heterocycles. The van der Waals surface area contributed by atoms with Crippen molar-refractivity contribution >= 4 is 21.9 Å². The van der Waals surface area contributed by atoms with Crippen LogP contribution in [0, 0.1) is 13.8 Å². The normalized spacial score (nSPS) is 10.5. The van der Waals surface area contributed by atoms with Crippen LogP contribution in [0.25, 0.3) is 0 Å². The molecule has 1 heterocycles. The van der Waals surface area contributed by atoms with E-state index in [1.807, 2.05) is 13.8 Å². The van der Waals surface area contributed by atoms with Crippen LogP contribution in [0.4, 0.5) is 5.95 Å². The van der Waals surface area contributed by atoms with E-state index in [9.17, 15) is 0 Å². The van der Waals surface area contributed by atoms with E-state index in [-0.39, 0.29) is 0 Å². The molecule has 0 saturated heterocycles. The van der Waals surface area contributed by atoms with E-state index < -0.39 is 0 Å². The number of hydrogen-bond donors (Lipinski definition) is 0. The fraction of sp³-hybridized carbons (Fsp3) is 0.700. The number of halogens is 1. The van der Waals surface area contributed by atoms with E-state index in [4.69, 9.17) is 4.74 Å². The van der Waals surface area contributed by atoms with Gasteiger partial charge in [-0.2, -0.15) is 5.10 Å². The van der Waals surface area contributed by atoms with Crippen molar-refractivity contribution in [1.82, 2.24) is 15.2 Å². The Labute approximate surface area is 104 Å². The molecule has 1 rings (SSSR count). The molecule has 0 N–H and O–H groups in total. The quantitative estimate of drug-likeness (QED) is 0.740. The van der Waals surface area contributed by atoms with Crippen LogP contribution >= 0.6 is 15.9 Å². The monoisotopic (exact) mass is 288 g/mol. The van der Waals surface area contributed by atoms with Gasteiger partial charge < -0.3 is 9.64 Å². The van der Waals surface area contributed by atoms with E-state index in [2.05, 4.69) is 36.0 Å². The number of ether oxygens (including phenoxy) is 1. The van der Waals surface area contributed by atoms with Gasteiger partial charge in [0.2, 0.25) is 5.95 Å². The number of aryl methyl sites for hydroxylation is 2. The summed E-state index contributed by atoms with van der Waals surface area (Å²) in [5.74, 6) is 0.666. The number of nitrogens with zero attached hydrogens (tertiary/aromatic N) is 4. The number of anilines is 1. The van der Waals surface area contributed by atoms with Crippen molar-refractivity contribution in [3.05, 3.63) is 11.4 Å². The maximum Gasteiger partial charge on any atom is 0.245 e. The molecule has 1 aromatic heterocycles. The summed E-state index contributed by atoms with van der Waals surface area (Å²) < 4.78 is 5.06. The highest BCUT2D eigenvalue weighted by Crippen LogP contribution is 2.08. The van der Waals surface area contributed by atoms with Crippen LogP contribution in [-0.2, 0) is 4.74 Å². The largest absolute Gasteiger partial charge is 0.383 e. The van der Waals surface area contributed by atoms with E-state index in [0.29, 0.717) is 12.6 Å². The van der Waals surface area contributed by atoms with Crippen LogP contribution in [0.2, 0.25) is 0 Å². The first-order valence-electron chi connectivity index (χ1n) is 5.16. The van der Waals surface area contributed by atoms with E-state index in [0.717, 1.165) is 29.8 Å². The minimum absolute atomic E-state index is 0.656. The number of alkyl halides is 1. The SMILES string of the molecule is COCCN(CCBr)c1nnc(C)c(C)n1. The Morgan fingerprint density at radius 1 is 1.19 bits per heavy atom. The van der Waals surface area contributed by atoms with E-state index in [1.165, 1.54) is 0 Å². The van der Waals surface area contributed by atoms with Gasteiger partial charge in [0, 0.05) is 25.5 Å². The molecule has 0 aliphatic rings. The second-order valence-electron chi connectivity index (χ2n) is 3.45. The zero-order valence-electron chi connectivity index (χ0n) is 9.90. The standard InChI is InChI=1S/C10H17BrN4O/c1-8-9(2)13-14-10(12-8)15(5-4-11)6-7-16-3/h4-7H2,1-3H3. The third kappa shape index (κ3) is 3.68. The summed E-state index contributed by atoms with van der Waals surface area (Å²) in [7, 11) is 1.69. The predicted octanol–water partition coefficient (Wildman–Crippen LogP) is 1.34. The summed E-state index contributed by atoms with van der Waals surface area (Å²) in [5.41, 5.74) is 1.79. The van der Waals surface area contributed by atoms with Crippen LogP contribution < -0.4 is 4.90 Å². The Balaban J connectivity index is 2.78. The smallest absolute Gasteiger partial charge is 0.245 e. The van der Waals surface area contributed by atoms with Crippen molar-refractivity contribution in [3.8, 4) is 0 Å². The highest BCUT2D eigenvalue weighted by Gasteiger charge is 2.10. The fourth-order valence-corrected chi connectivity index (χ4v) is 1.62. The fourth-order valence-electron chi connectivity index (χ4n) is 1.19. The zero-order valence-corrected chi connectivity index (χ0v) is 11.5. The molecule has 0 fully saturated rings. The topological polar surface area (TPSA) is 51.1 Å². The molecule has 0 bridgehead atoms. The number of aromatic nitrogens is 3. The maximum atomic E-state index is 5.06. The zero-order chi connectivity index (χ0) is 12.0. The molecular weight excluding hydrogens is 272 g/mol. The molecule has 0 amide bonds. The first-order valence-corrected chi connectivity index (χ1v) is 6.29. The van der Waals surface area contributed by atoms with Crippen LogP contribution in [-0.4, -0.2) is 47.3 Å². The lowest BCUT2D eigenvalue weighted by molar-refractivity contribution is 0.205. The molecule has 0 atom stereocenters. The summed E-state index contributed by atoms with van der Waals surface area (Å²) in [6.07, 6.45) is 0. The summed E-state index contributed by atoms with van der Waals surface area (Å²) >= 11 is 3.41.